The van der Waals surface area contributed by atoms with E-state index < -0.39 is 4.83 Å². The molecule has 0 aliphatic heterocycles. The predicted molar refractivity (Wildman–Crippen MR) is 99.1 cm³/mol. The summed E-state index contributed by atoms with van der Waals surface area (Å²) in [4.78, 5) is 19.9. The second kappa shape index (κ2) is 9.39. The van der Waals surface area contributed by atoms with E-state index in [-0.39, 0.29) is 10.8 Å². The summed E-state index contributed by atoms with van der Waals surface area (Å²) in [6.07, 6.45) is 3.28. The van der Waals surface area contributed by atoms with Gasteiger partial charge in [-0.2, -0.15) is 0 Å². The molecule has 1 heterocycles. The Morgan fingerprint density at radius 1 is 1.22 bits per heavy atom. The van der Waals surface area contributed by atoms with E-state index in [4.69, 9.17) is 4.74 Å². The summed E-state index contributed by atoms with van der Waals surface area (Å²) in [6.45, 7) is 2.13. The summed E-state index contributed by atoms with van der Waals surface area (Å²) < 4.78 is 5.04. The molecule has 2 atom stereocenters. The molecular weight excluding hydrogens is 444 g/mol. The minimum atomic E-state index is -0.518. The molecule has 23 heavy (non-hydrogen) atoms. The number of thioether (sulfide) groups is 1. The van der Waals surface area contributed by atoms with E-state index in [0.717, 1.165) is 16.5 Å². The van der Waals surface area contributed by atoms with E-state index in [1.807, 2.05) is 18.2 Å². The third-order valence-corrected chi connectivity index (χ3v) is 6.58. The van der Waals surface area contributed by atoms with Gasteiger partial charge in [0, 0.05) is 18.1 Å². The van der Waals surface area contributed by atoms with Gasteiger partial charge in [-0.05, 0) is 12.5 Å². The maximum Gasteiger partial charge on any atom is 0.321 e. The molecule has 0 aliphatic rings. The van der Waals surface area contributed by atoms with E-state index in [1.54, 1.807) is 31.1 Å². The molecule has 0 N–H and O–H groups in total. The van der Waals surface area contributed by atoms with Gasteiger partial charge >= 0.3 is 5.97 Å². The third-order valence-electron chi connectivity index (χ3n) is 2.94. The molecule has 0 fully saturated rings. The Morgan fingerprint density at radius 2 is 1.91 bits per heavy atom. The molecule has 1 aromatic carbocycles. The average molecular weight is 460 g/mol. The summed E-state index contributed by atoms with van der Waals surface area (Å²) in [7, 11) is 0. The van der Waals surface area contributed by atoms with Crippen LogP contribution in [0.4, 0.5) is 0 Å². The van der Waals surface area contributed by atoms with Crippen molar-refractivity contribution < 1.29 is 9.53 Å². The second-order valence-electron chi connectivity index (χ2n) is 4.58. The van der Waals surface area contributed by atoms with Crippen LogP contribution >= 0.6 is 43.6 Å². The number of aromatic nitrogens is 2. The fourth-order valence-corrected chi connectivity index (χ4v) is 3.89. The van der Waals surface area contributed by atoms with Gasteiger partial charge in [0.1, 0.15) is 9.85 Å². The van der Waals surface area contributed by atoms with Gasteiger partial charge in [0.25, 0.3) is 0 Å². The first-order valence-electron chi connectivity index (χ1n) is 7.06. The molecule has 1 aromatic heterocycles. The summed E-state index contributed by atoms with van der Waals surface area (Å²) in [5.41, 5.74) is 1.93. The number of rotatable bonds is 7. The quantitative estimate of drug-likeness (QED) is 0.345. The summed E-state index contributed by atoms with van der Waals surface area (Å²) >= 11 is 8.51. The third kappa shape index (κ3) is 5.29. The van der Waals surface area contributed by atoms with Crippen molar-refractivity contribution >= 4 is 49.6 Å². The van der Waals surface area contributed by atoms with Crippen molar-refractivity contribution in [1.82, 2.24) is 9.97 Å². The van der Waals surface area contributed by atoms with Crippen molar-refractivity contribution in [3.63, 3.8) is 0 Å². The van der Waals surface area contributed by atoms with Gasteiger partial charge in [-0.3, -0.25) is 9.78 Å². The number of alkyl halides is 2. The maximum absolute atomic E-state index is 11.9. The monoisotopic (exact) mass is 458 g/mol. The Balaban J connectivity index is 2.11. The molecule has 0 amide bonds. The van der Waals surface area contributed by atoms with E-state index in [1.165, 1.54) is 5.56 Å². The molecule has 0 spiro atoms. The van der Waals surface area contributed by atoms with Crippen LogP contribution < -0.4 is 0 Å². The number of benzene rings is 1. The lowest BCUT2D eigenvalue weighted by atomic mass is 10.2. The zero-order valence-electron chi connectivity index (χ0n) is 12.5. The molecule has 0 saturated carbocycles. The second-order valence-corrected chi connectivity index (χ2v) is 7.51. The first-order chi connectivity index (χ1) is 11.1. The number of hydrogen-bond donors (Lipinski definition) is 0. The predicted octanol–water partition coefficient (Wildman–Crippen LogP) is 4.53. The number of carbonyl (C=O) groups is 1. The van der Waals surface area contributed by atoms with Crippen LogP contribution in [0.5, 0.6) is 0 Å². The zero-order chi connectivity index (χ0) is 16.7. The number of esters is 1. The fourth-order valence-electron chi connectivity index (χ4n) is 1.84. The molecule has 122 valence electrons. The Labute approximate surface area is 156 Å². The van der Waals surface area contributed by atoms with Gasteiger partial charge in [-0.1, -0.05) is 74.0 Å². The van der Waals surface area contributed by atoms with Crippen LogP contribution in [-0.4, -0.2) is 27.4 Å². The Hall–Kier alpha value is -0.920. The van der Waals surface area contributed by atoms with Crippen LogP contribution in [0.25, 0.3) is 0 Å². The van der Waals surface area contributed by atoms with Crippen LogP contribution in [0.1, 0.15) is 23.0 Å². The van der Waals surface area contributed by atoms with Crippen molar-refractivity contribution in [3.05, 3.63) is 54.0 Å². The van der Waals surface area contributed by atoms with Gasteiger partial charge in [0.05, 0.1) is 17.1 Å². The van der Waals surface area contributed by atoms with E-state index in [9.17, 15) is 4.79 Å². The molecule has 2 unspecified atom stereocenters. The number of hydrogen-bond acceptors (Lipinski definition) is 5. The standard InChI is InChI=1S/C16H16Br2N2O2S/c1-2-22-16(21)13(18)12(17)14-15(20-9-8-19-14)23-10-11-6-4-3-5-7-11/h3-9,12-13H,2,10H2,1H3. The Morgan fingerprint density at radius 3 is 2.61 bits per heavy atom. The van der Waals surface area contributed by atoms with Crippen LogP contribution in [-0.2, 0) is 15.3 Å². The number of halogens is 2. The Bertz CT molecular complexity index is 643. The lowest BCUT2D eigenvalue weighted by Crippen LogP contribution is -2.22. The van der Waals surface area contributed by atoms with E-state index in [2.05, 4.69) is 54.0 Å². The van der Waals surface area contributed by atoms with Crippen LogP contribution in [0, 0.1) is 0 Å². The van der Waals surface area contributed by atoms with Crippen molar-refractivity contribution in [2.24, 2.45) is 0 Å². The highest BCUT2D eigenvalue weighted by Crippen LogP contribution is 2.36. The highest BCUT2D eigenvalue weighted by atomic mass is 79.9. The van der Waals surface area contributed by atoms with Crippen molar-refractivity contribution in [1.29, 1.82) is 0 Å². The summed E-state index contributed by atoms with van der Waals surface area (Å²) in [5.74, 6) is 0.470. The number of ether oxygens (including phenoxy) is 1. The minimum Gasteiger partial charge on any atom is -0.465 e. The highest BCUT2D eigenvalue weighted by Gasteiger charge is 2.29. The lowest BCUT2D eigenvalue weighted by Gasteiger charge is -2.17. The normalized spacial score (nSPS) is 13.3. The largest absolute Gasteiger partial charge is 0.465 e. The van der Waals surface area contributed by atoms with Crippen molar-refractivity contribution in [2.75, 3.05) is 6.61 Å². The van der Waals surface area contributed by atoms with Crippen LogP contribution in [0.2, 0.25) is 0 Å². The molecule has 0 aliphatic carbocycles. The molecule has 7 heteroatoms. The highest BCUT2D eigenvalue weighted by molar-refractivity contribution is 9.12. The van der Waals surface area contributed by atoms with E-state index in [0.29, 0.717) is 6.61 Å². The fraction of sp³-hybridized carbons (Fsp3) is 0.312. The van der Waals surface area contributed by atoms with E-state index >= 15 is 0 Å². The SMILES string of the molecule is CCOC(=O)C(Br)C(Br)c1nccnc1SCc1ccccc1. The van der Waals surface area contributed by atoms with Crippen molar-refractivity contribution in [2.45, 2.75) is 27.4 Å². The topological polar surface area (TPSA) is 52.1 Å². The average Bonchev–Trinajstić information content (AvgIpc) is 2.60. The first kappa shape index (κ1) is 18.4. The number of nitrogens with zero attached hydrogens (tertiary/aromatic N) is 2. The molecule has 4 nitrogen and oxygen atoms in total. The minimum absolute atomic E-state index is 0.312. The zero-order valence-corrected chi connectivity index (χ0v) is 16.5. The number of carbonyl (C=O) groups excluding carboxylic acids is 1. The van der Waals surface area contributed by atoms with Gasteiger partial charge < -0.3 is 4.74 Å². The Kier molecular flexibility index (Phi) is 7.52. The van der Waals surface area contributed by atoms with Crippen molar-refractivity contribution in [3.8, 4) is 0 Å². The lowest BCUT2D eigenvalue weighted by molar-refractivity contribution is -0.142. The molecule has 2 aromatic rings. The van der Waals surface area contributed by atoms with Gasteiger partial charge in [-0.15, -0.1) is 0 Å². The van der Waals surface area contributed by atoms with Gasteiger partial charge in [-0.25, -0.2) is 4.98 Å². The van der Waals surface area contributed by atoms with Gasteiger partial charge in [0.2, 0.25) is 0 Å². The molecule has 0 radical (unpaired) electrons. The first-order valence-corrected chi connectivity index (χ1v) is 9.87. The summed E-state index contributed by atoms with van der Waals surface area (Å²) in [5, 5.41) is 0.798. The summed E-state index contributed by atoms with van der Waals surface area (Å²) in [6, 6.07) is 10.2. The molecule has 0 bridgehead atoms. The molecule has 2 rings (SSSR count). The van der Waals surface area contributed by atoms with Crippen LogP contribution in [0.3, 0.4) is 0 Å². The maximum atomic E-state index is 11.9. The smallest absolute Gasteiger partial charge is 0.321 e. The molecule has 0 saturated heterocycles. The van der Waals surface area contributed by atoms with Crippen LogP contribution in [0.15, 0.2) is 47.8 Å². The molecular formula is C16H16Br2N2O2S. The van der Waals surface area contributed by atoms with Gasteiger partial charge in [0.15, 0.2) is 0 Å².